The Labute approximate surface area is 104 Å². The summed E-state index contributed by atoms with van der Waals surface area (Å²) in [7, 11) is 1.51. The van der Waals surface area contributed by atoms with Crippen molar-refractivity contribution < 1.29 is 14.6 Å². The lowest BCUT2D eigenvalue weighted by atomic mass is 10.1. The Morgan fingerprint density at radius 3 is 2.89 bits per heavy atom. The summed E-state index contributed by atoms with van der Waals surface area (Å²) in [6.45, 7) is 1.85. The van der Waals surface area contributed by atoms with Crippen molar-refractivity contribution in [3.63, 3.8) is 0 Å². The Bertz CT molecular complexity index is 564. The van der Waals surface area contributed by atoms with Crippen LogP contribution in [0.15, 0.2) is 24.8 Å². The Kier molecular flexibility index (Phi) is 3.27. The molecule has 0 saturated heterocycles. The van der Waals surface area contributed by atoms with Crippen LogP contribution in [0, 0.1) is 6.92 Å². The van der Waals surface area contributed by atoms with E-state index in [2.05, 4.69) is 10.1 Å². The molecule has 0 radical (unpaired) electrons. The molecule has 1 N–H and O–H groups in total. The van der Waals surface area contributed by atoms with Crippen LogP contribution in [-0.2, 0) is 6.54 Å². The molecule has 0 atom stereocenters. The average molecular weight is 247 g/mol. The quantitative estimate of drug-likeness (QED) is 0.821. The minimum Gasteiger partial charge on any atom is -0.507 e. The van der Waals surface area contributed by atoms with E-state index < -0.39 is 0 Å². The highest BCUT2D eigenvalue weighted by molar-refractivity contribution is 5.98. The predicted octanol–water partition coefficient (Wildman–Crippen LogP) is 1.18. The summed E-state index contributed by atoms with van der Waals surface area (Å²) in [5.74, 6) is 0.219. The molecule has 0 aliphatic heterocycles. The van der Waals surface area contributed by atoms with E-state index in [1.807, 2.05) is 6.92 Å². The molecule has 94 valence electrons. The largest absolute Gasteiger partial charge is 0.507 e. The minimum atomic E-state index is -0.233. The summed E-state index contributed by atoms with van der Waals surface area (Å²) < 4.78 is 6.47. The Morgan fingerprint density at radius 2 is 2.28 bits per heavy atom. The topological polar surface area (TPSA) is 77.2 Å². The molecule has 18 heavy (non-hydrogen) atoms. The van der Waals surface area contributed by atoms with E-state index in [4.69, 9.17) is 4.74 Å². The molecule has 6 nitrogen and oxygen atoms in total. The van der Waals surface area contributed by atoms with E-state index in [0.29, 0.717) is 5.75 Å². The smallest absolute Gasteiger partial charge is 0.188 e. The summed E-state index contributed by atoms with van der Waals surface area (Å²) in [6.07, 6.45) is 2.80. The van der Waals surface area contributed by atoms with E-state index >= 15 is 0 Å². The highest BCUT2D eigenvalue weighted by atomic mass is 16.5. The van der Waals surface area contributed by atoms with Crippen LogP contribution in [0.5, 0.6) is 11.5 Å². The van der Waals surface area contributed by atoms with Crippen molar-refractivity contribution in [3.05, 3.63) is 35.9 Å². The Hall–Kier alpha value is -2.37. The molecule has 1 aromatic heterocycles. The third-order valence-electron chi connectivity index (χ3n) is 2.59. The second kappa shape index (κ2) is 4.87. The Balaban J connectivity index is 2.28. The number of aromatic nitrogens is 3. The van der Waals surface area contributed by atoms with E-state index in [1.165, 1.54) is 30.5 Å². The Morgan fingerprint density at radius 1 is 1.50 bits per heavy atom. The van der Waals surface area contributed by atoms with Crippen molar-refractivity contribution in [2.45, 2.75) is 13.5 Å². The van der Waals surface area contributed by atoms with Crippen LogP contribution >= 0.6 is 0 Å². The molecule has 0 fully saturated rings. The van der Waals surface area contributed by atoms with Gasteiger partial charge in [0.05, 0.1) is 12.7 Å². The van der Waals surface area contributed by atoms with Gasteiger partial charge < -0.3 is 9.84 Å². The lowest BCUT2D eigenvalue weighted by Gasteiger charge is -2.09. The summed E-state index contributed by atoms with van der Waals surface area (Å²) in [6, 6.07) is 3.04. The number of aryl methyl sites for hydroxylation is 1. The zero-order chi connectivity index (χ0) is 13.1. The summed E-state index contributed by atoms with van der Waals surface area (Å²) in [5, 5.41) is 13.6. The number of hydrogen-bond donors (Lipinski definition) is 1. The van der Waals surface area contributed by atoms with Crippen LogP contribution in [0.4, 0.5) is 0 Å². The second-order valence-electron chi connectivity index (χ2n) is 3.86. The standard InChI is InChI=1S/C12H13N3O3/c1-8-3-9(10(16)4-12(8)18-2)11(17)5-15-7-13-6-14-15/h3-4,6-7,16H,5H2,1-2H3. The third-order valence-corrected chi connectivity index (χ3v) is 2.59. The van der Waals surface area contributed by atoms with Gasteiger partial charge in [0.25, 0.3) is 0 Å². The predicted molar refractivity (Wildman–Crippen MR) is 63.7 cm³/mol. The SMILES string of the molecule is COc1cc(O)c(C(=O)Cn2cncn2)cc1C. The van der Waals surface area contributed by atoms with E-state index in [-0.39, 0.29) is 23.6 Å². The van der Waals surface area contributed by atoms with Crippen molar-refractivity contribution >= 4 is 5.78 Å². The number of ketones is 1. The van der Waals surface area contributed by atoms with E-state index in [1.54, 1.807) is 6.07 Å². The van der Waals surface area contributed by atoms with Crippen LogP contribution in [0.1, 0.15) is 15.9 Å². The first kappa shape index (κ1) is 12.1. The van der Waals surface area contributed by atoms with Crippen LogP contribution in [0.3, 0.4) is 0 Å². The number of nitrogens with zero attached hydrogens (tertiary/aromatic N) is 3. The second-order valence-corrected chi connectivity index (χ2v) is 3.86. The highest BCUT2D eigenvalue weighted by Gasteiger charge is 2.14. The number of benzene rings is 1. The molecule has 1 heterocycles. The summed E-state index contributed by atoms with van der Waals surface area (Å²) in [5.41, 5.74) is 1.04. The lowest BCUT2D eigenvalue weighted by molar-refractivity contribution is 0.0965. The minimum absolute atomic E-state index is 0.0410. The van der Waals surface area contributed by atoms with Gasteiger partial charge in [-0.1, -0.05) is 0 Å². The van der Waals surface area contributed by atoms with Crippen LogP contribution in [0.2, 0.25) is 0 Å². The van der Waals surface area contributed by atoms with Gasteiger partial charge in [-0.2, -0.15) is 5.10 Å². The number of phenolic OH excluding ortho intramolecular Hbond substituents is 1. The van der Waals surface area contributed by atoms with Crippen LogP contribution in [0.25, 0.3) is 0 Å². The fourth-order valence-electron chi connectivity index (χ4n) is 1.67. The number of hydrogen-bond acceptors (Lipinski definition) is 5. The number of ether oxygens (including phenoxy) is 1. The first-order valence-electron chi connectivity index (χ1n) is 5.35. The van der Waals surface area contributed by atoms with Crippen molar-refractivity contribution in [2.75, 3.05) is 7.11 Å². The van der Waals surface area contributed by atoms with E-state index in [9.17, 15) is 9.90 Å². The van der Waals surface area contributed by atoms with Gasteiger partial charge in [-0.15, -0.1) is 0 Å². The molecule has 0 bridgehead atoms. The van der Waals surface area contributed by atoms with Crippen LogP contribution in [-0.4, -0.2) is 32.8 Å². The maximum absolute atomic E-state index is 12.0. The van der Waals surface area contributed by atoms with Gasteiger partial charge in [-0.3, -0.25) is 4.79 Å². The zero-order valence-corrected chi connectivity index (χ0v) is 10.1. The first-order chi connectivity index (χ1) is 8.61. The third kappa shape index (κ3) is 2.32. The average Bonchev–Trinajstić information content (AvgIpc) is 2.84. The highest BCUT2D eigenvalue weighted by Crippen LogP contribution is 2.28. The van der Waals surface area contributed by atoms with Gasteiger partial charge in [0, 0.05) is 6.07 Å². The molecule has 0 aliphatic rings. The normalized spacial score (nSPS) is 10.3. The van der Waals surface area contributed by atoms with Gasteiger partial charge in [-0.05, 0) is 18.6 Å². The monoisotopic (exact) mass is 247 g/mol. The maximum Gasteiger partial charge on any atom is 0.188 e. The molecule has 0 aliphatic carbocycles. The lowest BCUT2D eigenvalue weighted by Crippen LogP contribution is -2.11. The van der Waals surface area contributed by atoms with Crippen LogP contribution < -0.4 is 4.74 Å². The molecule has 0 saturated carbocycles. The van der Waals surface area contributed by atoms with E-state index in [0.717, 1.165) is 5.56 Å². The zero-order valence-electron chi connectivity index (χ0n) is 10.1. The molecule has 2 rings (SSSR count). The van der Waals surface area contributed by atoms with Crippen molar-refractivity contribution in [1.82, 2.24) is 14.8 Å². The number of rotatable bonds is 4. The number of carbonyl (C=O) groups is 1. The first-order valence-corrected chi connectivity index (χ1v) is 5.35. The van der Waals surface area contributed by atoms with Gasteiger partial charge in [0.2, 0.25) is 0 Å². The van der Waals surface area contributed by atoms with Gasteiger partial charge in [0.1, 0.15) is 30.7 Å². The summed E-state index contributed by atoms with van der Waals surface area (Å²) >= 11 is 0. The van der Waals surface area contributed by atoms with Gasteiger partial charge >= 0.3 is 0 Å². The number of Topliss-reactive ketones (excluding diaryl/α,β-unsaturated/α-hetero) is 1. The fraction of sp³-hybridized carbons (Fsp3) is 0.250. The summed E-state index contributed by atoms with van der Waals surface area (Å²) in [4.78, 5) is 15.7. The molecule has 6 heteroatoms. The number of aromatic hydroxyl groups is 1. The van der Waals surface area contributed by atoms with Crippen molar-refractivity contribution in [2.24, 2.45) is 0 Å². The molecule has 0 amide bonds. The number of phenols is 1. The van der Waals surface area contributed by atoms with Gasteiger partial charge in [0.15, 0.2) is 5.78 Å². The molecular weight excluding hydrogens is 234 g/mol. The van der Waals surface area contributed by atoms with Crippen molar-refractivity contribution in [3.8, 4) is 11.5 Å². The fourth-order valence-corrected chi connectivity index (χ4v) is 1.67. The number of methoxy groups -OCH3 is 1. The van der Waals surface area contributed by atoms with Gasteiger partial charge in [-0.25, -0.2) is 9.67 Å². The molecule has 2 aromatic rings. The molecule has 0 unspecified atom stereocenters. The number of carbonyl (C=O) groups excluding carboxylic acids is 1. The van der Waals surface area contributed by atoms with Crippen molar-refractivity contribution in [1.29, 1.82) is 0 Å². The molecule has 0 spiro atoms. The maximum atomic E-state index is 12.0. The molecule has 1 aromatic carbocycles. The molecular formula is C12H13N3O3.